The van der Waals surface area contributed by atoms with Gasteiger partial charge in [-0.25, -0.2) is 4.79 Å². The minimum atomic E-state index is -0.525. The predicted octanol–water partition coefficient (Wildman–Crippen LogP) is 2.98. The molecule has 1 aromatic carbocycles. The lowest BCUT2D eigenvalue weighted by Gasteiger charge is -2.13. The molecule has 0 spiro atoms. The maximum Gasteiger partial charge on any atom is 0.343 e. The van der Waals surface area contributed by atoms with E-state index in [-0.39, 0.29) is 24.1 Å². The van der Waals surface area contributed by atoms with Crippen molar-refractivity contribution in [2.45, 2.75) is 31.7 Å². The first kappa shape index (κ1) is 20.8. The fraction of sp³-hybridized carbons (Fsp3) is 0.421. The molecule has 1 aliphatic carbocycles. The van der Waals surface area contributed by atoms with Crippen LogP contribution in [-0.2, 0) is 14.3 Å². The number of amides is 1. The quantitative estimate of drug-likeness (QED) is 0.400. The van der Waals surface area contributed by atoms with Gasteiger partial charge in [0.25, 0.3) is 5.91 Å². The molecule has 7 nitrogen and oxygen atoms in total. The van der Waals surface area contributed by atoms with Crippen LogP contribution in [0.25, 0.3) is 6.08 Å². The molecular weight excluding hydrogens is 416 g/mol. The molecule has 1 aliphatic rings. The average molecular weight is 437 g/mol. The highest BCUT2D eigenvalue weighted by Gasteiger charge is 2.20. The van der Waals surface area contributed by atoms with Gasteiger partial charge in [-0.1, -0.05) is 12.8 Å². The third kappa shape index (κ3) is 5.73. The van der Waals surface area contributed by atoms with Gasteiger partial charge in [0.15, 0.2) is 18.1 Å². The average Bonchev–Trinajstić information content (AvgIpc) is 3.17. The van der Waals surface area contributed by atoms with E-state index in [2.05, 4.69) is 26.0 Å². The molecule has 0 aromatic heterocycles. The van der Waals surface area contributed by atoms with Crippen molar-refractivity contribution in [2.24, 2.45) is 0 Å². The van der Waals surface area contributed by atoms with E-state index in [0.29, 0.717) is 21.5 Å². The predicted molar refractivity (Wildman–Crippen MR) is 102 cm³/mol. The third-order valence-corrected chi connectivity index (χ3v) is 4.77. The van der Waals surface area contributed by atoms with Crippen LogP contribution in [0, 0.1) is 11.3 Å². The van der Waals surface area contributed by atoms with E-state index in [0.717, 1.165) is 25.7 Å². The van der Waals surface area contributed by atoms with E-state index in [1.165, 1.54) is 20.3 Å². The van der Waals surface area contributed by atoms with Crippen molar-refractivity contribution in [1.29, 1.82) is 5.26 Å². The second-order valence-electron chi connectivity index (χ2n) is 6.02. The van der Waals surface area contributed by atoms with Crippen molar-refractivity contribution in [2.75, 3.05) is 20.8 Å². The zero-order valence-corrected chi connectivity index (χ0v) is 16.8. The number of rotatable bonds is 7. The maximum absolute atomic E-state index is 12.3. The zero-order chi connectivity index (χ0) is 19.8. The number of nitrogens with one attached hydrogen (secondary N) is 1. The molecule has 0 atom stereocenters. The first-order chi connectivity index (χ1) is 13.0. The van der Waals surface area contributed by atoms with E-state index in [1.807, 2.05) is 6.07 Å². The molecule has 1 fully saturated rings. The van der Waals surface area contributed by atoms with Crippen LogP contribution >= 0.6 is 15.9 Å². The van der Waals surface area contributed by atoms with Crippen molar-refractivity contribution < 1.29 is 23.8 Å². The molecule has 0 unspecified atom stereocenters. The summed E-state index contributed by atoms with van der Waals surface area (Å²) in [6, 6.07) is 5.37. The lowest BCUT2D eigenvalue weighted by molar-refractivity contribution is -0.142. The standard InChI is InChI=1S/C19H21BrN2O5/c1-25-16-9-12(8-15(20)18(16)27-11-17(23)26-2)7-13(10-21)19(24)22-14-5-3-4-6-14/h7-9,14H,3-6,11H2,1-2H3,(H,22,24)/b13-7-. The summed E-state index contributed by atoms with van der Waals surface area (Å²) in [7, 11) is 2.73. The summed E-state index contributed by atoms with van der Waals surface area (Å²) in [6.45, 7) is -0.270. The van der Waals surface area contributed by atoms with Crippen molar-refractivity contribution in [1.82, 2.24) is 5.32 Å². The zero-order valence-electron chi connectivity index (χ0n) is 15.2. The van der Waals surface area contributed by atoms with Crippen LogP contribution in [0.3, 0.4) is 0 Å². The first-order valence-corrected chi connectivity index (χ1v) is 9.27. The Bertz CT molecular complexity index is 779. The number of nitriles is 1. The van der Waals surface area contributed by atoms with Gasteiger partial charge in [-0.2, -0.15) is 5.26 Å². The molecule has 27 heavy (non-hydrogen) atoms. The maximum atomic E-state index is 12.3. The molecule has 0 radical (unpaired) electrons. The first-order valence-electron chi connectivity index (χ1n) is 8.48. The second-order valence-corrected chi connectivity index (χ2v) is 6.88. The van der Waals surface area contributed by atoms with Crippen LogP contribution in [0.1, 0.15) is 31.2 Å². The van der Waals surface area contributed by atoms with Gasteiger partial charge in [0.2, 0.25) is 0 Å². The summed E-state index contributed by atoms with van der Waals surface area (Å²) in [5.41, 5.74) is 0.598. The van der Waals surface area contributed by atoms with Gasteiger partial charge in [0, 0.05) is 6.04 Å². The van der Waals surface area contributed by atoms with Gasteiger partial charge >= 0.3 is 5.97 Å². The summed E-state index contributed by atoms with van der Waals surface area (Å²) in [6.07, 6.45) is 5.55. The molecule has 0 aliphatic heterocycles. The number of halogens is 1. The Morgan fingerprint density at radius 1 is 1.33 bits per heavy atom. The molecule has 1 amide bonds. The molecule has 1 saturated carbocycles. The Kier molecular flexibility index (Phi) is 7.67. The number of hydrogen-bond donors (Lipinski definition) is 1. The Labute approximate surface area is 166 Å². The number of hydrogen-bond acceptors (Lipinski definition) is 6. The normalized spacial score (nSPS) is 14.4. The Morgan fingerprint density at radius 3 is 2.63 bits per heavy atom. The van der Waals surface area contributed by atoms with Crippen LogP contribution in [0.2, 0.25) is 0 Å². The number of carbonyl (C=O) groups is 2. The van der Waals surface area contributed by atoms with Crippen molar-refractivity contribution in [3.63, 3.8) is 0 Å². The molecular formula is C19H21BrN2O5. The number of carbonyl (C=O) groups excluding carboxylic acids is 2. The van der Waals surface area contributed by atoms with Gasteiger partial charge in [-0.05, 0) is 52.5 Å². The molecule has 1 aromatic rings. The Hall–Kier alpha value is -2.53. The van der Waals surface area contributed by atoms with Crippen molar-refractivity contribution in [3.8, 4) is 17.6 Å². The Morgan fingerprint density at radius 2 is 2.04 bits per heavy atom. The highest BCUT2D eigenvalue weighted by atomic mass is 79.9. The number of nitrogens with zero attached hydrogens (tertiary/aromatic N) is 1. The Balaban J connectivity index is 2.21. The van der Waals surface area contributed by atoms with E-state index in [1.54, 1.807) is 12.1 Å². The third-order valence-electron chi connectivity index (χ3n) is 4.18. The van der Waals surface area contributed by atoms with Gasteiger partial charge in [0.05, 0.1) is 18.7 Å². The highest BCUT2D eigenvalue weighted by molar-refractivity contribution is 9.10. The molecule has 1 N–H and O–H groups in total. The van der Waals surface area contributed by atoms with Gasteiger partial charge in [-0.15, -0.1) is 0 Å². The van der Waals surface area contributed by atoms with E-state index < -0.39 is 5.97 Å². The monoisotopic (exact) mass is 436 g/mol. The molecule has 2 rings (SSSR count). The van der Waals surface area contributed by atoms with E-state index >= 15 is 0 Å². The van der Waals surface area contributed by atoms with Crippen LogP contribution in [-0.4, -0.2) is 38.7 Å². The number of benzene rings is 1. The van der Waals surface area contributed by atoms with Crippen LogP contribution in [0.5, 0.6) is 11.5 Å². The molecule has 8 heteroatoms. The minimum absolute atomic E-state index is 0.0130. The van der Waals surface area contributed by atoms with Crippen molar-refractivity contribution in [3.05, 3.63) is 27.7 Å². The summed E-state index contributed by atoms with van der Waals surface area (Å²) in [5, 5.41) is 12.3. The van der Waals surface area contributed by atoms with Crippen LogP contribution in [0.4, 0.5) is 0 Å². The number of esters is 1. The number of methoxy groups -OCH3 is 2. The van der Waals surface area contributed by atoms with Crippen LogP contribution in [0.15, 0.2) is 22.2 Å². The van der Waals surface area contributed by atoms with Crippen molar-refractivity contribution >= 4 is 33.9 Å². The largest absolute Gasteiger partial charge is 0.493 e. The lowest BCUT2D eigenvalue weighted by atomic mass is 10.1. The summed E-state index contributed by atoms with van der Waals surface area (Å²) < 4.78 is 15.8. The molecule has 144 valence electrons. The fourth-order valence-corrected chi connectivity index (χ4v) is 3.38. The molecule has 0 bridgehead atoms. The smallest absolute Gasteiger partial charge is 0.343 e. The second kappa shape index (κ2) is 9.97. The minimum Gasteiger partial charge on any atom is -0.493 e. The number of ether oxygens (including phenoxy) is 3. The summed E-state index contributed by atoms with van der Waals surface area (Å²) in [5.74, 6) is -0.226. The summed E-state index contributed by atoms with van der Waals surface area (Å²) >= 11 is 3.36. The molecule has 0 heterocycles. The topological polar surface area (TPSA) is 97.7 Å². The lowest BCUT2D eigenvalue weighted by Crippen LogP contribution is -2.33. The fourth-order valence-electron chi connectivity index (χ4n) is 2.80. The SMILES string of the molecule is COC(=O)COc1c(Br)cc(/C=C(/C#N)C(=O)NC2CCCC2)cc1OC. The van der Waals surface area contributed by atoms with E-state index in [4.69, 9.17) is 9.47 Å². The molecule has 0 saturated heterocycles. The van der Waals surface area contributed by atoms with E-state index in [9.17, 15) is 14.9 Å². The summed E-state index contributed by atoms with van der Waals surface area (Å²) in [4.78, 5) is 23.6. The highest BCUT2D eigenvalue weighted by Crippen LogP contribution is 2.37. The van der Waals surface area contributed by atoms with Crippen LogP contribution < -0.4 is 14.8 Å². The van der Waals surface area contributed by atoms with Gasteiger partial charge in [-0.3, -0.25) is 4.79 Å². The van der Waals surface area contributed by atoms with Gasteiger partial charge < -0.3 is 19.5 Å². The van der Waals surface area contributed by atoms with Gasteiger partial charge in [0.1, 0.15) is 11.6 Å².